The van der Waals surface area contributed by atoms with E-state index in [1.165, 1.54) is 10.7 Å². The van der Waals surface area contributed by atoms with E-state index in [9.17, 15) is 9.59 Å². The van der Waals surface area contributed by atoms with Crippen molar-refractivity contribution >= 4 is 6.29 Å². The van der Waals surface area contributed by atoms with E-state index in [-0.39, 0.29) is 5.56 Å². The lowest BCUT2D eigenvalue weighted by atomic mass is 10.1. The molecule has 0 spiro atoms. The van der Waals surface area contributed by atoms with E-state index in [1.54, 1.807) is 37.4 Å². The highest BCUT2D eigenvalue weighted by Crippen LogP contribution is 2.15. The SMILES string of the molecule is Cn1nc(-c2ccc(C=O)cc2)ccc1=O. The summed E-state index contributed by atoms with van der Waals surface area (Å²) < 4.78 is 1.28. The Labute approximate surface area is 92.2 Å². The molecule has 80 valence electrons. The Morgan fingerprint density at radius 3 is 2.38 bits per heavy atom. The molecule has 0 aliphatic rings. The van der Waals surface area contributed by atoms with E-state index in [4.69, 9.17) is 0 Å². The van der Waals surface area contributed by atoms with Crippen LogP contribution in [-0.2, 0) is 7.05 Å². The molecular formula is C12H10N2O2. The van der Waals surface area contributed by atoms with Crippen LogP contribution in [0.1, 0.15) is 10.4 Å². The van der Waals surface area contributed by atoms with Gasteiger partial charge in [0.1, 0.15) is 6.29 Å². The summed E-state index contributed by atoms with van der Waals surface area (Å²) in [6.07, 6.45) is 0.790. The number of carbonyl (C=O) groups is 1. The van der Waals surface area contributed by atoms with Gasteiger partial charge in [-0.1, -0.05) is 24.3 Å². The van der Waals surface area contributed by atoms with Crippen LogP contribution in [0.4, 0.5) is 0 Å². The predicted molar refractivity (Wildman–Crippen MR) is 60.3 cm³/mol. The molecule has 0 aliphatic carbocycles. The normalized spacial score (nSPS) is 10.1. The maximum atomic E-state index is 11.2. The van der Waals surface area contributed by atoms with Gasteiger partial charge in [0.2, 0.25) is 0 Å². The Balaban J connectivity index is 2.46. The van der Waals surface area contributed by atoms with Gasteiger partial charge in [0, 0.05) is 24.2 Å². The Morgan fingerprint density at radius 2 is 1.81 bits per heavy atom. The first-order valence-electron chi connectivity index (χ1n) is 4.80. The quantitative estimate of drug-likeness (QED) is 0.707. The van der Waals surface area contributed by atoms with E-state index >= 15 is 0 Å². The van der Waals surface area contributed by atoms with Gasteiger partial charge in [0.15, 0.2) is 0 Å². The molecule has 2 aromatic rings. The summed E-state index contributed by atoms with van der Waals surface area (Å²) in [5, 5.41) is 4.11. The number of rotatable bonds is 2. The molecule has 0 N–H and O–H groups in total. The van der Waals surface area contributed by atoms with Crippen LogP contribution in [0.5, 0.6) is 0 Å². The van der Waals surface area contributed by atoms with Gasteiger partial charge in [0.25, 0.3) is 5.56 Å². The summed E-state index contributed by atoms with van der Waals surface area (Å²) in [6, 6.07) is 10.2. The fourth-order valence-corrected chi connectivity index (χ4v) is 1.39. The van der Waals surface area contributed by atoms with Crippen molar-refractivity contribution < 1.29 is 4.79 Å². The van der Waals surface area contributed by atoms with Gasteiger partial charge >= 0.3 is 0 Å². The Kier molecular flexibility index (Phi) is 2.64. The molecule has 2 rings (SSSR count). The zero-order chi connectivity index (χ0) is 11.5. The molecule has 0 unspecified atom stereocenters. The maximum absolute atomic E-state index is 11.2. The number of benzene rings is 1. The van der Waals surface area contributed by atoms with E-state index < -0.39 is 0 Å². The second kappa shape index (κ2) is 4.10. The molecule has 1 aromatic heterocycles. The number of nitrogens with zero attached hydrogens (tertiary/aromatic N) is 2. The number of hydrogen-bond acceptors (Lipinski definition) is 3. The van der Waals surface area contributed by atoms with Crippen LogP contribution in [-0.4, -0.2) is 16.1 Å². The zero-order valence-corrected chi connectivity index (χ0v) is 8.75. The molecule has 0 radical (unpaired) electrons. The minimum absolute atomic E-state index is 0.145. The topological polar surface area (TPSA) is 52.0 Å². The third-order valence-electron chi connectivity index (χ3n) is 2.30. The lowest BCUT2D eigenvalue weighted by Crippen LogP contribution is -2.18. The van der Waals surface area contributed by atoms with E-state index in [2.05, 4.69) is 5.10 Å². The summed E-state index contributed by atoms with van der Waals surface area (Å²) in [7, 11) is 1.60. The van der Waals surface area contributed by atoms with Crippen molar-refractivity contribution in [1.29, 1.82) is 0 Å². The Hall–Kier alpha value is -2.23. The van der Waals surface area contributed by atoms with Crippen LogP contribution in [0.15, 0.2) is 41.2 Å². The molecule has 0 aliphatic heterocycles. The third-order valence-corrected chi connectivity index (χ3v) is 2.30. The van der Waals surface area contributed by atoms with Crippen molar-refractivity contribution in [2.45, 2.75) is 0 Å². The number of aldehydes is 1. The minimum Gasteiger partial charge on any atom is -0.298 e. The van der Waals surface area contributed by atoms with Gasteiger partial charge in [0.05, 0.1) is 5.69 Å². The molecule has 1 aromatic carbocycles. The summed E-state index contributed by atoms with van der Waals surface area (Å²) in [5.41, 5.74) is 2.06. The minimum atomic E-state index is -0.145. The summed E-state index contributed by atoms with van der Waals surface area (Å²) in [4.78, 5) is 21.6. The highest BCUT2D eigenvalue weighted by atomic mass is 16.1. The molecule has 0 atom stereocenters. The van der Waals surface area contributed by atoms with Gasteiger partial charge in [-0.15, -0.1) is 0 Å². The molecule has 0 saturated heterocycles. The average Bonchev–Trinajstić information content (AvgIpc) is 2.33. The second-order valence-electron chi connectivity index (χ2n) is 3.42. The van der Waals surface area contributed by atoms with Crippen molar-refractivity contribution in [3.8, 4) is 11.3 Å². The Morgan fingerprint density at radius 1 is 1.12 bits per heavy atom. The third kappa shape index (κ3) is 1.91. The molecule has 16 heavy (non-hydrogen) atoms. The molecule has 4 nitrogen and oxygen atoms in total. The van der Waals surface area contributed by atoms with Crippen LogP contribution in [0.25, 0.3) is 11.3 Å². The van der Waals surface area contributed by atoms with Crippen LogP contribution in [0.3, 0.4) is 0 Å². The average molecular weight is 214 g/mol. The van der Waals surface area contributed by atoms with Crippen molar-refractivity contribution in [2.75, 3.05) is 0 Å². The van der Waals surface area contributed by atoms with E-state index in [0.29, 0.717) is 11.3 Å². The number of aryl methyl sites for hydroxylation is 1. The smallest absolute Gasteiger partial charge is 0.266 e. The monoisotopic (exact) mass is 214 g/mol. The van der Waals surface area contributed by atoms with Gasteiger partial charge in [-0.25, -0.2) is 4.68 Å². The summed E-state index contributed by atoms with van der Waals surface area (Å²) in [5.74, 6) is 0. The molecule has 1 heterocycles. The Bertz CT molecular complexity index is 570. The maximum Gasteiger partial charge on any atom is 0.266 e. The van der Waals surface area contributed by atoms with E-state index in [0.717, 1.165) is 11.8 Å². The van der Waals surface area contributed by atoms with Crippen LogP contribution < -0.4 is 5.56 Å². The second-order valence-corrected chi connectivity index (χ2v) is 3.42. The lowest BCUT2D eigenvalue weighted by Gasteiger charge is -2.02. The van der Waals surface area contributed by atoms with Gasteiger partial charge in [-0.3, -0.25) is 9.59 Å². The molecule has 0 fully saturated rings. The molecule has 0 bridgehead atoms. The van der Waals surface area contributed by atoms with Crippen molar-refractivity contribution in [3.63, 3.8) is 0 Å². The first-order chi connectivity index (χ1) is 7.70. The number of aromatic nitrogens is 2. The highest BCUT2D eigenvalue weighted by molar-refractivity contribution is 5.76. The highest BCUT2D eigenvalue weighted by Gasteiger charge is 2.00. The lowest BCUT2D eigenvalue weighted by molar-refractivity contribution is 0.112. The van der Waals surface area contributed by atoms with Gasteiger partial charge in [-0.2, -0.15) is 5.10 Å². The first-order valence-corrected chi connectivity index (χ1v) is 4.80. The van der Waals surface area contributed by atoms with E-state index in [1.807, 2.05) is 0 Å². The number of carbonyl (C=O) groups excluding carboxylic acids is 1. The van der Waals surface area contributed by atoms with Crippen molar-refractivity contribution in [2.24, 2.45) is 7.05 Å². The van der Waals surface area contributed by atoms with Crippen molar-refractivity contribution in [1.82, 2.24) is 9.78 Å². The molecule has 4 heteroatoms. The van der Waals surface area contributed by atoms with Gasteiger partial charge in [-0.05, 0) is 6.07 Å². The van der Waals surface area contributed by atoms with Crippen LogP contribution in [0.2, 0.25) is 0 Å². The molecule has 0 saturated carbocycles. The fourth-order valence-electron chi connectivity index (χ4n) is 1.39. The summed E-state index contributed by atoms with van der Waals surface area (Å²) >= 11 is 0. The zero-order valence-electron chi connectivity index (χ0n) is 8.75. The van der Waals surface area contributed by atoms with Gasteiger partial charge < -0.3 is 0 Å². The standard InChI is InChI=1S/C12H10N2O2/c1-14-12(16)7-6-11(13-14)10-4-2-9(8-15)3-5-10/h2-8H,1H3. The largest absolute Gasteiger partial charge is 0.298 e. The van der Waals surface area contributed by atoms with Crippen LogP contribution in [0, 0.1) is 0 Å². The summed E-state index contributed by atoms with van der Waals surface area (Å²) in [6.45, 7) is 0. The van der Waals surface area contributed by atoms with Crippen LogP contribution >= 0.6 is 0 Å². The number of hydrogen-bond donors (Lipinski definition) is 0. The fraction of sp³-hybridized carbons (Fsp3) is 0.0833. The first kappa shape index (κ1) is 10.3. The van der Waals surface area contributed by atoms with Crippen molar-refractivity contribution in [3.05, 3.63) is 52.3 Å². The molecular weight excluding hydrogens is 204 g/mol. The molecule has 0 amide bonds. The predicted octanol–water partition coefficient (Wildman–Crippen LogP) is 1.26.